The molecule has 3 nitrogen and oxygen atoms in total. The first-order valence-corrected chi connectivity index (χ1v) is 22.5. The van der Waals surface area contributed by atoms with Gasteiger partial charge < -0.3 is 14.3 Å². The fourth-order valence-electron chi connectivity index (χ4n) is 8.08. The lowest BCUT2D eigenvalue weighted by Gasteiger charge is -2.49. The second kappa shape index (κ2) is 16.9. The summed E-state index contributed by atoms with van der Waals surface area (Å²) in [6.45, 7) is 12.4. The number of thioether (sulfide) groups is 2. The number of benzene rings is 5. The van der Waals surface area contributed by atoms with E-state index in [2.05, 4.69) is 168 Å². The van der Waals surface area contributed by atoms with Crippen LogP contribution in [0.1, 0.15) is 57.7 Å². The summed E-state index contributed by atoms with van der Waals surface area (Å²) in [7, 11) is -2.73. The molecule has 1 fully saturated rings. The number of aliphatic hydroxyl groups excluding tert-OH is 1. The third kappa shape index (κ3) is 7.62. The monoisotopic (exact) mass is 746 g/mol. The predicted molar refractivity (Wildman–Crippen MR) is 225 cm³/mol. The molecule has 0 amide bonds. The van der Waals surface area contributed by atoms with Gasteiger partial charge in [-0.15, -0.1) is 23.5 Å². The molecule has 1 N–H and O–H groups in total. The van der Waals surface area contributed by atoms with Crippen LogP contribution in [-0.2, 0) is 14.8 Å². The fourth-order valence-corrected chi connectivity index (χ4v) is 16.5. The Labute approximate surface area is 321 Å². The van der Waals surface area contributed by atoms with E-state index in [1.165, 1.54) is 10.4 Å². The smallest absolute Gasteiger partial charge is 0.261 e. The molecule has 6 heteroatoms. The SMILES string of the molecule is C[C@@H](CO[Si](c1ccccc1)(c1ccccc1)C(C)(C)C)C1([C@@H](C)[C@@H](O)COC(c2ccccc2)(c2ccccc2)c2ccccc2)SCCCS1. The molecule has 272 valence electrons. The minimum absolute atomic E-state index is 0.0689. The Morgan fingerprint density at radius 3 is 1.38 bits per heavy atom. The van der Waals surface area contributed by atoms with Gasteiger partial charge in [0.15, 0.2) is 0 Å². The van der Waals surface area contributed by atoms with Gasteiger partial charge in [-0.25, -0.2) is 0 Å². The Hall–Kier alpha value is -3.10. The van der Waals surface area contributed by atoms with E-state index in [-0.39, 0.29) is 27.6 Å². The van der Waals surface area contributed by atoms with Crippen LogP contribution in [0.3, 0.4) is 0 Å². The molecule has 6 rings (SSSR count). The van der Waals surface area contributed by atoms with E-state index in [1.54, 1.807) is 0 Å². The van der Waals surface area contributed by atoms with Crippen molar-refractivity contribution < 1.29 is 14.3 Å². The van der Waals surface area contributed by atoms with E-state index in [4.69, 9.17) is 9.16 Å². The molecule has 0 radical (unpaired) electrons. The van der Waals surface area contributed by atoms with E-state index in [0.717, 1.165) is 34.6 Å². The number of hydrogen-bond donors (Lipinski definition) is 1. The van der Waals surface area contributed by atoms with Crippen LogP contribution in [0.15, 0.2) is 152 Å². The average molecular weight is 747 g/mol. The van der Waals surface area contributed by atoms with E-state index in [1.807, 2.05) is 41.7 Å². The summed E-state index contributed by atoms with van der Waals surface area (Å²) in [6, 6.07) is 53.1. The molecular formula is C46H54O3S2Si. The first kappa shape index (κ1) is 38.6. The third-order valence-corrected chi connectivity index (χ3v) is 20.0. The zero-order chi connectivity index (χ0) is 36.7. The molecule has 1 aliphatic heterocycles. The van der Waals surface area contributed by atoms with Crippen molar-refractivity contribution in [2.24, 2.45) is 11.8 Å². The van der Waals surface area contributed by atoms with Gasteiger partial charge in [0.05, 0.1) is 16.8 Å². The van der Waals surface area contributed by atoms with Gasteiger partial charge in [0.1, 0.15) is 5.60 Å². The van der Waals surface area contributed by atoms with Gasteiger partial charge in [0, 0.05) is 18.4 Å². The van der Waals surface area contributed by atoms with Crippen molar-refractivity contribution >= 4 is 42.2 Å². The molecule has 1 saturated heterocycles. The van der Waals surface area contributed by atoms with Crippen LogP contribution in [0.2, 0.25) is 5.04 Å². The lowest BCUT2D eigenvalue weighted by Crippen LogP contribution is -2.67. The quantitative estimate of drug-likeness (QED) is 0.0906. The highest BCUT2D eigenvalue weighted by molar-refractivity contribution is 8.18. The van der Waals surface area contributed by atoms with Crippen molar-refractivity contribution in [3.63, 3.8) is 0 Å². The first-order chi connectivity index (χ1) is 25.1. The molecule has 3 atom stereocenters. The van der Waals surface area contributed by atoms with Crippen molar-refractivity contribution in [3.8, 4) is 0 Å². The van der Waals surface area contributed by atoms with Crippen LogP contribution in [0.4, 0.5) is 0 Å². The Kier molecular flexibility index (Phi) is 12.6. The van der Waals surface area contributed by atoms with E-state index < -0.39 is 20.0 Å². The molecule has 0 aliphatic carbocycles. The second-order valence-corrected chi connectivity index (χ2v) is 22.4. The minimum atomic E-state index is -2.73. The fraction of sp³-hybridized carbons (Fsp3) is 0.348. The summed E-state index contributed by atoms with van der Waals surface area (Å²) in [5, 5.41) is 14.8. The molecule has 0 bridgehead atoms. The highest BCUT2D eigenvalue weighted by Gasteiger charge is 2.53. The first-order valence-electron chi connectivity index (χ1n) is 18.7. The van der Waals surface area contributed by atoms with Crippen LogP contribution < -0.4 is 10.4 Å². The molecule has 1 heterocycles. The number of rotatable bonds is 14. The van der Waals surface area contributed by atoms with E-state index >= 15 is 0 Å². The lowest BCUT2D eigenvalue weighted by atomic mass is 9.80. The van der Waals surface area contributed by atoms with Crippen LogP contribution in [-0.4, -0.2) is 48.3 Å². The standard InChI is InChI=1S/C46H54O3S2Si/c1-36(34-49-52(44(3,4)5,41-28-17-9-18-29-41)42-30-19-10-20-31-42)46(50-32-21-33-51-46)37(2)43(47)35-48-45(38-22-11-6-12-23-38,39-24-13-7-14-25-39)40-26-15-8-16-27-40/h6-20,22-31,36-37,43,47H,21,32-35H2,1-5H3/t36-,37-,43-/m0/s1. The molecule has 5 aromatic rings. The van der Waals surface area contributed by atoms with Gasteiger partial charge in [-0.3, -0.25) is 0 Å². The van der Waals surface area contributed by atoms with Crippen LogP contribution >= 0.6 is 23.5 Å². The summed E-state index contributed by atoms with van der Waals surface area (Å²) in [6.07, 6.45) is 0.460. The van der Waals surface area contributed by atoms with E-state index in [0.29, 0.717) is 6.61 Å². The maximum Gasteiger partial charge on any atom is 0.261 e. The topological polar surface area (TPSA) is 38.7 Å². The Morgan fingerprint density at radius 2 is 1.00 bits per heavy atom. The van der Waals surface area contributed by atoms with Crippen molar-refractivity contribution in [3.05, 3.63) is 168 Å². The second-order valence-electron chi connectivity index (χ2n) is 15.1. The highest BCUT2D eigenvalue weighted by Crippen LogP contribution is 2.54. The normalized spacial score (nSPS) is 16.9. The van der Waals surface area contributed by atoms with Crippen LogP contribution in [0, 0.1) is 11.8 Å². The molecule has 0 aromatic heterocycles. The molecule has 1 aliphatic rings. The summed E-state index contributed by atoms with van der Waals surface area (Å²) in [5.41, 5.74) is 2.23. The van der Waals surface area contributed by atoms with Crippen molar-refractivity contribution in [1.29, 1.82) is 0 Å². The average Bonchev–Trinajstić information content (AvgIpc) is 3.19. The molecule has 0 saturated carbocycles. The molecule has 0 spiro atoms. The van der Waals surface area contributed by atoms with Crippen molar-refractivity contribution in [1.82, 2.24) is 0 Å². The van der Waals surface area contributed by atoms with Gasteiger partial charge in [0.25, 0.3) is 8.32 Å². The van der Waals surface area contributed by atoms with Gasteiger partial charge in [-0.05, 0) is 50.0 Å². The van der Waals surface area contributed by atoms with Gasteiger partial charge in [-0.1, -0.05) is 186 Å². The molecular weight excluding hydrogens is 693 g/mol. The summed E-state index contributed by atoms with van der Waals surface area (Å²) in [4.78, 5) is 0. The minimum Gasteiger partial charge on any atom is -0.407 e. The molecule has 0 unspecified atom stereocenters. The lowest BCUT2D eigenvalue weighted by molar-refractivity contribution is -0.0570. The maximum atomic E-state index is 12.3. The largest absolute Gasteiger partial charge is 0.407 e. The van der Waals surface area contributed by atoms with Gasteiger partial charge >= 0.3 is 0 Å². The zero-order valence-corrected chi connectivity index (χ0v) is 33.9. The van der Waals surface area contributed by atoms with E-state index in [9.17, 15) is 5.11 Å². The Bertz CT molecular complexity index is 1660. The van der Waals surface area contributed by atoms with Crippen LogP contribution in [0.25, 0.3) is 0 Å². The zero-order valence-electron chi connectivity index (χ0n) is 31.3. The van der Waals surface area contributed by atoms with Crippen molar-refractivity contribution in [2.75, 3.05) is 24.7 Å². The van der Waals surface area contributed by atoms with Gasteiger partial charge in [-0.2, -0.15) is 0 Å². The molecule has 5 aromatic carbocycles. The number of ether oxygens (including phenoxy) is 1. The van der Waals surface area contributed by atoms with Crippen molar-refractivity contribution in [2.45, 2.75) is 61.9 Å². The Balaban J connectivity index is 1.32. The van der Waals surface area contributed by atoms with Gasteiger partial charge in [0.2, 0.25) is 0 Å². The summed E-state index contributed by atoms with van der Waals surface area (Å²) >= 11 is 4.02. The number of aliphatic hydroxyl groups is 1. The third-order valence-electron chi connectivity index (χ3n) is 10.8. The maximum absolute atomic E-state index is 12.3. The highest BCUT2D eigenvalue weighted by atomic mass is 32.2. The molecule has 52 heavy (non-hydrogen) atoms. The predicted octanol–water partition coefficient (Wildman–Crippen LogP) is 9.77. The number of hydrogen-bond acceptors (Lipinski definition) is 5. The van der Waals surface area contributed by atoms with Crippen LogP contribution in [0.5, 0.6) is 0 Å². The summed E-state index contributed by atoms with van der Waals surface area (Å²) < 4.78 is 14.4. The summed E-state index contributed by atoms with van der Waals surface area (Å²) in [5.74, 6) is 2.23. The Morgan fingerprint density at radius 1 is 0.615 bits per heavy atom.